The van der Waals surface area contributed by atoms with Crippen molar-refractivity contribution in [3.63, 3.8) is 0 Å². The number of benzene rings is 2. The molecule has 0 heterocycles. The van der Waals surface area contributed by atoms with Gasteiger partial charge in [0.05, 0.1) is 12.4 Å². The van der Waals surface area contributed by atoms with Crippen molar-refractivity contribution in [3.8, 4) is 11.8 Å². The number of ether oxygens (including phenoxy) is 1. The minimum Gasteiger partial charge on any atom is -0.489 e. The van der Waals surface area contributed by atoms with Gasteiger partial charge in [0.1, 0.15) is 12.4 Å². The summed E-state index contributed by atoms with van der Waals surface area (Å²) < 4.78 is 20.6. The first-order chi connectivity index (χ1) is 9.12. The van der Waals surface area contributed by atoms with E-state index in [-0.39, 0.29) is 0 Å². The zero-order chi connectivity index (χ0) is 13.7. The highest BCUT2D eigenvalue weighted by Crippen LogP contribution is 2.14. The van der Waals surface area contributed by atoms with E-state index in [0.717, 1.165) is 5.56 Å². The molecule has 0 bridgehead atoms. The van der Waals surface area contributed by atoms with Crippen LogP contribution in [0, 0.1) is 11.3 Å². The van der Waals surface area contributed by atoms with Gasteiger partial charge in [0.15, 0.2) is 0 Å². The van der Waals surface area contributed by atoms with E-state index in [1.807, 2.05) is 30.3 Å². The zero-order valence-electron chi connectivity index (χ0n) is 11.3. The molecule has 2 rings (SSSR count). The molecule has 2 aromatic rings. The van der Waals surface area contributed by atoms with Gasteiger partial charge in [-0.25, -0.2) is 0 Å². The lowest BCUT2D eigenvalue weighted by molar-refractivity contribution is 0.306. The van der Waals surface area contributed by atoms with Crippen molar-refractivity contribution >= 4 is 0 Å². The minimum absolute atomic E-state index is 0.335. The van der Waals surface area contributed by atoms with Gasteiger partial charge in [0, 0.05) is 2.74 Å². The molecule has 0 radical (unpaired) electrons. The van der Waals surface area contributed by atoms with E-state index in [1.165, 1.54) is 0 Å². The van der Waals surface area contributed by atoms with Crippen molar-refractivity contribution in [2.45, 2.75) is 13.0 Å². The summed E-state index contributed by atoms with van der Waals surface area (Å²) in [5.74, 6) is 0.654. The first-order valence-corrected chi connectivity index (χ1v) is 5.30. The Bertz CT molecular complexity index is 573. The lowest BCUT2D eigenvalue weighted by Crippen LogP contribution is -1.94. The predicted octanol–water partition coefficient (Wildman–Crippen LogP) is 3.33. The number of nitriles is 1. The Labute approximate surface area is 104 Å². The van der Waals surface area contributed by atoms with Crippen molar-refractivity contribution in [2.24, 2.45) is 0 Å². The molecule has 0 saturated carbocycles. The van der Waals surface area contributed by atoms with Crippen molar-refractivity contribution in [3.05, 3.63) is 65.7 Å². The van der Waals surface area contributed by atoms with Crippen molar-refractivity contribution in [2.75, 3.05) is 0 Å². The fourth-order valence-corrected chi connectivity index (χ4v) is 1.44. The minimum atomic E-state index is -1.96. The van der Waals surface area contributed by atoms with Crippen LogP contribution in [0.3, 0.4) is 0 Å². The Balaban J connectivity index is 2.02. The fourth-order valence-electron chi connectivity index (χ4n) is 1.44. The highest BCUT2D eigenvalue weighted by atomic mass is 16.5. The first kappa shape index (κ1) is 8.83. The molecule has 0 amide bonds. The second-order valence-corrected chi connectivity index (χ2v) is 3.54. The number of rotatable bonds is 4. The molecule has 84 valence electrons. The second kappa shape index (κ2) is 5.72. The number of nitrogens with zero attached hydrogens (tertiary/aromatic N) is 1. The van der Waals surface area contributed by atoms with Gasteiger partial charge in [-0.15, -0.1) is 0 Å². The van der Waals surface area contributed by atoms with E-state index in [0.29, 0.717) is 17.9 Å². The van der Waals surface area contributed by atoms with E-state index in [2.05, 4.69) is 0 Å². The summed E-state index contributed by atoms with van der Waals surface area (Å²) in [5, 5.41) is 8.71. The molecule has 0 saturated heterocycles. The van der Waals surface area contributed by atoms with Gasteiger partial charge in [-0.1, -0.05) is 42.5 Å². The molecule has 0 atom stereocenters. The maximum Gasteiger partial charge on any atom is 0.119 e. The van der Waals surface area contributed by atoms with E-state index in [1.54, 1.807) is 30.3 Å². The predicted molar refractivity (Wildman–Crippen MR) is 66.5 cm³/mol. The lowest BCUT2D eigenvalue weighted by atomic mass is 10.2. The van der Waals surface area contributed by atoms with Crippen LogP contribution in [0.25, 0.3) is 0 Å². The second-order valence-electron chi connectivity index (χ2n) is 3.54. The monoisotopic (exact) mass is 225 g/mol. The Morgan fingerprint density at radius 2 is 1.71 bits per heavy atom. The van der Waals surface area contributed by atoms with Gasteiger partial charge in [0.2, 0.25) is 0 Å². The summed E-state index contributed by atoms with van der Waals surface area (Å²) in [5.41, 5.74) is 1.40. The SMILES string of the molecule is [2H]C([2H])(C#N)c1ccc(OCc2ccccc2)cc1. The highest BCUT2D eigenvalue weighted by Gasteiger charge is 1.96. The van der Waals surface area contributed by atoms with Gasteiger partial charge in [-0.05, 0) is 23.3 Å². The Morgan fingerprint density at radius 1 is 1.00 bits per heavy atom. The van der Waals surface area contributed by atoms with Gasteiger partial charge in [-0.3, -0.25) is 0 Å². The molecule has 0 N–H and O–H groups in total. The summed E-state index contributed by atoms with van der Waals surface area (Å²) in [4.78, 5) is 0. The van der Waals surface area contributed by atoms with Crippen LogP contribution in [0.15, 0.2) is 54.6 Å². The van der Waals surface area contributed by atoms with Crippen molar-refractivity contribution < 1.29 is 7.48 Å². The molecule has 2 heteroatoms. The van der Waals surface area contributed by atoms with Gasteiger partial charge >= 0.3 is 0 Å². The van der Waals surface area contributed by atoms with E-state index in [4.69, 9.17) is 12.7 Å². The molecule has 0 aliphatic heterocycles. The summed E-state index contributed by atoms with van der Waals surface area (Å²) >= 11 is 0. The van der Waals surface area contributed by atoms with Crippen LogP contribution >= 0.6 is 0 Å². The molecule has 0 aliphatic carbocycles. The largest absolute Gasteiger partial charge is 0.489 e. The molecule has 0 aromatic heterocycles. The third-order valence-corrected chi connectivity index (χ3v) is 2.30. The van der Waals surface area contributed by atoms with E-state index < -0.39 is 6.37 Å². The van der Waals surface area contributed by atoms with Gasteiger partial charge < -0.3 is 4.74 Å². The summed E-state index contributed by atoms with van der Waals surface area (Å²) in [6.45, 7) is 0.464. The molecular weight excluding hydrogens is 210 g/mol. The van der Waals surface area contributed by atoms with Crippen LogP contribution in [0.4, 0.5) is 0 Å². The quantitative estimate of drug-likeness (QED) is 0.799. The maximum atomic E-state index is 8.71. The third-order valence-electron chi connectivity index (χ3n) is 2.30. The van der Waals surface area contributed by atoms with Crippen LogP contribution < -0.4 is 4.74 Å². The van der Waals surface area contributed by atoms with Crippen LogP contribution in [0.5, 0.6) is 5.75 Å². The van der Waals surface area contributed by atoms with Crippen LogP contribution in [0.1, 0.15) is 13.9 Å². The van der Waals surface area contributed by atoms with Crippen molar-refractivity contribution in [1.82, 2.24) is 0 Å². The Hall–Kier alpha value is -2.27. The van der Waals surface area contributed by atoms with Crippen LogP contribution in [-0.4, -0.2) is 0 Å². The molecular formula is C15H13NO. The standard InChI is InChI=1S/C15H13NO/c16-11-10-13-6-8-15(9-7-13)17-12-14-4-2-1-3-5-14/h1-9H,10,12H2/i10D2. The van der Waals surface area contributed by atoms with E-state index in [9.17, 15) is 0 Å². The average Bonchev–Trinajstić information content (AvgIpc) is 2.47. The number of hydrogen-bond donors (Lipinski definition) is 0. The van der Waals surface area contributed by atoms with Crippen LogP contribution in [0.2, 0.25) is 0 Å². The highest BCUT2D eigenvalue weighted by molar-refractivity contribution is 5.29. The molecule has 0 unspecified atom stereocenters. The summed E-state index contributed by atoms with van der Waals surface area (Å²) in [6.07, 6.45) is -1.96. The topological polar surface area (TPSA) is 33.0 Å². The summed E-state index contributed by atoms with van der Waals surface area (Å²) in [6, 6.07) is 17.9. The third kappa shape index (κ3) is 3.35. The molecule has 17 heavy (non-hydrogen) atoms. The fraction of sp³-hybridized carbons (Fsp3) is 0.133. The van der Waals surface area contributed by atoms with Gasteiger partial charge in [0.25, 0.3) is 0 Å². The molecule has 2 aromatic carbocycles. The smallest absolute Gasteiger partial charge is 0.119 e. The Kier molecular flexibility index (Phi) is 2.97. The molecule has 0 aliphatic rings. The zero-order valence-corrected chi connectivity index (χ0v) is 9.26. The van der Waals surface area contributed by atoms with Gasteiger partial charge in [-0.2, -0.15) is 5.26 Å². The lowest BCUT2D eigenvalue weighted by Gasteiger charge is -2.06. The number of hydrogen-bond acceptors (Lipinski definition) is 2. The first-order valence-electron chi connectivity index (χ1n) is 6.30. The summed E-state index contributed by atoms with van der Waals surface area (Å²) in [7, 11) is 0. The Morgan fingerprint density at radius 3 is 2.35 bits per heavy atom. The molecule has 2 nitrogen and oxygen atoms in total. The molecule has 0 fully saturated rings. The molecule has 0 spiro atoms. The van der Waals surface area contributed by atoms with Crippen LogP contribution in [-0.2, 0) is 13.0 Å². The average molecular weight is 225 g/mol. The van der Waals surface area contributed by atoms with Crippen molar-refractivity contribution in [1.29, 1.82) is 5.26 Å². The van der Waals surface area contributed by atoms with E-state index >= 15 is 0 Å². The maximum absolute atomic E-state index is 8.71. The normalized spacial score (nSPS) is 12.2.